The van der Waals surface area contributed by atoms with Crippen LogP contribution in [0, 0.1) is 20.7 Å². The third kappa shape index (κ3) is 5.15. The van der Waals surface area contributed by atoms with E-state index in [1.54, 1.807) is 19.1 Å². The average molecular weight is 485 g/mol. The van der Waals surface area contributed by atoms with E-state index in [2.05, 4.69) is 25.6 Å². The molecule has 3 aromatic heterocycles. The lowest BCUT2D eigenvalue weighted by Gasteiger charge is -2.13. The monoisotopic (exact) mass is 484 g/mol. The summed E-state index contributed by atoms with van der Waals surface area (Å²) in [6.07, 6.45) is 2.31. The van der Waals surface area contributed by atoms with Crippen molar-refractivity contribution in [2.45, 2.75) is 20.7 Å². The zero-order chi connectivity index (χ0) is 33.7. The second kappa shape index (κ2) is 9.84. The zero-order valence-corrected chi connectivity index (χ0v) is 19.3. The molecule has 1 amide bonds. The van der Waals surface area contributed by atoms with E-state index in [0.29, 0.717) is 11.1 Å². The zero-order valence-electron chi connectivity index (χ0n) is 29.3. The summed E-state index contributed by atoms with van der Waals surface area (Å²) in [5.41, 5.74) is 0.326. The number of carbonyl (C=O) groups is 1. The molecule has 2 aromatic carbocycles. The minimum Gasteiger partial charge on any atom is -0.324 e. The number of aryl methyl sites for hydroxylation is 2. The summed E-state index contributed by atoms with van der Waals surface area (Å²) < 4.78 is 84.0. The molecular weight excluding hydrogens is 448 g/mol. The average Bonchev–Trinajstić information content (AvgIpc) is 3.26. The Kier molecular flexibility index (Phi) is 3.81. The van der Waals surface area contributed by atoms with E-state index >= 15 is 0 Å². The molecule has 0 bridgehead atoms. The second-order valence-corrected chi connectivity index (χ2v) is 7.84. The molecule has 0 unspecified atom stereocenters. The standard InChI is InChI=1S/C29H26N6O/c1-19-9-12-35(18-19)25-14-20(2)13-24(16-25)32-28(36)22-7-6-21(3)27(15-22)34-29-31-11-8-26(33-29)23-5-4-10-30-17-23/h4-18H,1-3H3,(H,32,36)(H,31,33,34)/i3D3,8D,11D,12D,13D,14D,16D,18D. The minimum absolute atomic E-state index is 0.0710. The Morgan fingerprint density at radius 2 is 2.03 bits per heavy atom. The fourth-order valence-electron chi connectivity index (χ4n) is 3.36. The molecule has 5 rings (SSSR count). The first-order valence-corrected chi connectivity index (χ1v) is 10.8. The van der Waals surface area contributed by atoms with Gasteiger partial charge in [0.15, 0.2) is 0 Å². The van der Waals surface area contributed by atoms with Crippen LogP contribution in [0.15, 0.2) is 91.5 Å². The number of nitrogens with zero attached hydrogens (tertiary/aromatic N) is 4. The van der Waals surface area contributed by atoms with Gasteiger partial charge in [-0.3, -0.25) is 9.78 Å². The fourth-order valence-corrected chi connectivity index (χ4v) is 3.36. The Labute approximate surface area is 224 Å². The molecule has 7 heteroatoms. The van der Waals surface area contributed by atoms with Gasteiger partial charge in [0.25, 0.3) is 5.91 Å². The van der Waals surface area contributed by atoms with E-state index < -0.39 is 25.0 Å². The number of rotatable bonds is 6. The number of nitrogens with one attached hydrogen (secondary N) is 2. The first kappa shape index (κ1) is 13.9. The summed E-state index contributed by atoms with van der Waals surface area (Å²) in [5.74, 6) is -1.01. The molecule has 0 aliphatic carbocycles. The van der Waals surface area contributed by atoms with Crippen LogP contribution in [0.25, 0.3) is 16.9 Å². The molecule has 0 aliphatic heterocycles. The summed E-state index contributed by atoms with van der Waals surface area (Å²) in [4.78, 5) is 25.8. The van der Waals surface area contributed by atoms with Gasteiger partial charge in [-0.15, -0.1) is 0 Å². The van der Waals surface area contributed by atoms with Crippen LogP contribution in [0.4, 0.5) is 17.3 Å². The molecule has 0 aliphatic rings. The van der Waals surface area contributed by atoms with Gasteiger partial charge in [-0.2, -0.15) is 0 Å². The molecule has 36 heavy (non-hydrogen) atoms. The Morgan fingerprint density at radius 1 is 1.11 bits per heavy atom. The third-order valence-electron chi connectivity index (χ3n) is 5.04. The van der Waals surface area contributed by atoms with Gasteiger partial charge < -0.3 is 15.2 Å². The lowest BCUT2D eigenvalue weighted by atomic mass is 10.1. The number of carbonyl (C=O) groups excluding carboxylic acids is 1. The molecule has 0 spiro atoms. The second-order valence-electron chi connectivity index (χ2n) is 7.84. The molecule has 178 valence electrons. The molecule has 3 heterocycles. The Bertz CT molecular complexity index is 2010. The van der Waals surface area contributed by atoms with Crippen LogP contribution in [0.3, 0.4) is 0 Å². The number of aromatic nitrogens is 4. The van der Waals surface area contributed by atoms with E-state index in [1.165, 1.54) is 43.6 Å². The molecule has 0 atom stereocenters. The lowest BCUT2D eigenvalue weighted by molar-refractivity contribution is 0.102. The Morgan fingerprint density at radius 3 is 2.81 bits per heavy atom. The van der Waals surface area contributed by atoms with Crippen molar-refractivity contribution >= 4 is 23.2 Å². The fraction of sp³-hybridized carbons (Fsp3) is 0.103. The Hall–Kier alpha value is -4.78. The van der Waals surface area contributed by atoms with Crippen molar-refractivity contribution in [3.63, 3.8) is 0 Å². The highest BCUT2D eigenvalue weighted by molar-refractivity contribution is 6.05. The van der Waals surface area contributed by atoms with Gasteiger partial charge in [0.1, 0.15) is 0 Å². The normalized spacial score (nSPS) is 15.1. The van der Waals surface area contributed by atoms with Crippen LogP contribution in [0.5, 0.6) is 0 Å². The highest BCUT2D eigenvalue weighted by atomic mass is 16.1. The summed E-state index contributed by atoms with van der Waals surface area (Å²) in [5, 5.41) is 5.29. The van der Waals surface area contributed by atoms with Crippen LogP contribution >= 0.6 is 0 Å². The molecule has 7 nitrogen and oxygen atoms in total. The molecule has 5 aromatic rings. The number of pyridine rings is 1. The summed E-state index contributed by atoms with van der Waals surface area (Å²) >= 11 is 0. The number of hydrogen-bond acceptors (Lipinski definition) is 5. The van der Waals surface area contributed by atoms with Crippen molar-refractivity contribution in [3.8, 4) is 16.9 Å². The molecule has 0 saturated heterocycles. The van der Waals surface area contributed by atoms with Crippen molar-refractivity contribution in [1.29, 1.82) is 0 Å². The summed E-state index contributed by atoms with van der Waals surface area (Å²) in [6, 6.07) is 7.12. The molecular formula is C29H26N6O. The number of hydrogen-bond donors (Lipinski definition) is 2. The lowest BCUT2D eigenvalue weighted by Crippen LogP contribution is -2.13. The Balaban J connectivity index is 1.56. The highest BCUT2D eigenvalue weighted by Crippen LogP contribution is 2.24. The number of amides is 1. The van der Waals surface area contributed by atoms with E-state index in [0.717, 1.165) is 4.57 Å². The van der Waals surface area contributed by atoms with Crippen LogP contribution in [0.1, 0.15) is 40.8 Å². The maximum Gasteiger partial charge on any atom is 0.255 e. The van der Waals surface area contributed by atoms with E-state index in [-0.39, 0.29) is 75.9 Å². The van der Waals surface area contributed by atoms with Crippen molar-refractivity contribution in [1.82, 2.24) is 19.5 Å². The van der Waals surface area contributed by atoms with Crippen LogP contribution in [-0.4, -0.2) is 25.4 Å². The van der Waals surface area contributed by atoms with Gasteiger partial charge in [0.2, 0.25) is 5.95 Å². The van der Waals surface area contributed by atoms with Gasteiger partial charge in [0, 0.05) is 63.2 Å². The van der Waals surface area contributed by atoms with E-state index in [1.807, 2.05) is 0 Å². The van der Waals surface area contributed by atoms with Gasteiger partial charge >= 0.3 is 0 Å². The maximum absolute atomic E-state index is 13.5. The first-order chi connectivity index (χ1) is 21.6. The largest absolute Gasteiger partial charge is 0.324 e. The van der Waals surface area contributed by atoms with E-state index in [4.69, 9.17) is 13.7 Å². The van der Waals surface area contributed by atoms with Crippen molar-refractivity contribution < 1.29 is 18.5 Å². The third-order valence-corrected chi connectivity index (χ3v) is 5.04. The van der Waals surface area contributed by atoms with Crippen molar-refractivity contribution in [3.05, 3.63) is 114 Å². The van der Waals surface area contributed by atoms with Gasteiger partial charge in [0.05, 0.1) is 15.3 Å². The van der Waals surface area contributed by atoms with Gasteiger partial charge in [-0.25, -0.2) is 9.97 Å². The molecule has 0 fully saturated rings. The van der Waals surface area contributed by atoms with Crippen molar-refractivity contribution in [2.75, 3.05) is 10.6 Å². The quantitative estimate of drug-likeness (QED) is 0.298. The minimum atomic E-state index is -2.64. The van der Waals surface area contributed by atoms with Crippen LogP contribution in [-0.2, 0) is 0 Å². The SMILES string of the molecule is [2H]c1nc(Nc2cc(C(=O)Nc3c([2H])c(C)c([2H])c(-n4c([2H])cc(C)c4[2H])c3[2H])ccc2C([2H])([2H])[2H])nc(-c2cccnc2)c1[2H]. The number of benzene rings is 2. The first-order valence-electron chi connectivity index (χ1n) is 15.8. The maximum atomic E-state index is 13.5. The predicted octanol–water partition coefficient (Wildman–Crippen LogP) is 6.25. The van der Waals surface area contributed by atoms with Gasteiger partial charge in [-0.1, -0.05) is 6.07 Å². The molecule has 0 saturated carbocycles. The van der Waals surface area contributed by atoms with Crippen LogP contribution < -0.4 is 10.6 Å². The van der Waals surface area contributed by atoms with E-state index in [9.17, 15) is 4.79 Å². The number of anilines is 3. The van der Waals surface area contributed by atoms with Crippen LogP contribution in [0.2, 0.25) is 0 Å². The topological polar surface area (TPSA) is 84.7 Å². The highest BCUT2D eigenvalue weighted by Gasteiger charge is 2.12. The molecule has 2 N–H and O–H groups in total. The summed E-state index contributed by atoms with van der Waals surface area (Å²) in [7, 11) is 0. The molecule has 0 radical (unpaired) electrons. The van der Waals surface area contributed by atoms with Gasteiger partial charge in [-0.05, 0) is 91.9 Å². The van der Waals surface area contributed by atoms with Crippen molar-refractivity contribution in [2.24, 2.45) is 0 Å². The predicted molar refractivity (Wildman–Crippen MR) is 143 cm³/mol. The summed E-state index contributed by atoms with van der Waals surface area (Å²) in [6.45, 7) is 0.435. The smallest absolute Gasteiger partial charge is 0.255 e.